The number of rotatable bonds is 3. The van der Waals surface area contributed by atoms with Gasteiger partial charge in [-0.1, -0.05) is 20.8 Å². The monoisotopic (exact) mass is 297 g/mol. The van der Waals surface area contributed by atoms with Gasteiger partial charge in [-0.25, -0.2) is 4.98 Å². The maximum atomic E-state index is 12.7. The van der Waals surface area contributed by atoms with E-state index in [-0.39, 0.29) is 17.3 Å². The van der Waals surface area contributed by atoms with Crippen molar-refractivity contribution in [2.75, 3.05) is 0 Å². The van der Waals surface area contributed by atoms with Crippen molar-refractivity contribution >= 4 is 19.7 Å². The molecule has 0 N–H and O–H groups in total. The standard InChI is InChI=1S/C11H18F3NOSSi/c1-10(2,3)18(4,5)16-6-8-9(11(12,13)14)17-7-15-8/h7H,6H2,1-5H3. The summed E-state index contributed by atoms with van der Waals surface area (Å²) >= 11 is 0.614. The van der Waals surface area contributed by atoms with Crippen LogP contribution in [0.1, 0.15) is 31.3 Å². The molecule has 0 saturated heterocycles. The Hall–Kier alpha value is -0.403. The molecule has 7 heteroatoms. The number of thiazole rings is 1. The molecule has 1 rings (SSSR count). The van der Waals surface area contributed by atoms with Gasteiger partial charge in [-0.15, -0.1) is 11.3 Å². The summed E-state index contributed by atoms with van der Waals surface area (Å²) in [5.74, 6) is 0. The van der Waals surface area contributed by atoms with Gasteiger partial charge in [0.05, 0.1) is 17.8 Å². The normalized spacial score (nSPS) is 14.0. The van der Waals surface area contributed by atoms with Crippen LogP contribution >= 0.6 is 11.3 Å². The maximum absolute atomic E-state index is 12.7. The topological polar surface area (TPSA) is 22.1 Å². The van der Waals surface area contributed by atoms with Crippen LogP contribution in [0.3, 0.4) is 0 Å². The van der Waals surface area contributed by atoms with Gasteiger partial charge in [0.25, 0.3) is 0 Å². The van der Waals surface area contributed by atoms with Crippen molar-refractivity contribution < 1.29 is 17.6 Å². The highest BCUT2D eigenvalue weighted by Gasteiger charge is 2.39. The molecule has 0 fully saturated rings. The highest BCUT2D eigenvalue weighted by Crippen LogP contribution is 2.39. The number of nitrogens with zero attached hydrogens (tertiary/aromatic N) is 1. The minimum Gasteiger partial charge on any atom is -0.411 e. The van der Waals surface area contributed by atoms with Crippen LogP contribution in [0, 0.1) is 0 Å². The number of halogens is 3. The largest absolute Gasteiger partial charge is 0.427 e. The quantitative estimate of drug-likeness (QED) is 0.755. The average molecular weight is 297 g/mol. The molecular weight excluding hydrogens is 279 g/mol. The van der Waals surface area contributed by atoms with Crippen LogP contribution in [-0.4, -0.2) is 13.3 Å². The van der Waals surface area contributed by atoms with E-state index in [0.717, 1.165) is 0 Å². The zero-order chi connectivity index (χ0) is 14.2. The molecule has 1 aromatic heterocycles. The van der Waals surface area contributed by atoms with Crippen LogP contribution in [0.4, 0.5) is 13.2 Å². The van der Waals surface area contributed by atoms with E-state index in [1.807, 2.05) is 33.9 Å². The first kappa shape index (κ1) is 15.7. The van der Waals surface area contributed by atoms with Gasteiger partial charge in [-0.05, 0) is 18.1 Å². The summed E-state index contributed by atoms with van der Waals surface area (Å²) in [6.45, 7) is 10.1. The second-order valence-corrected chi connectivity index (χ2v) is 11.3. The molecule has 0 atom stereocenters. The maximum Gasteiger partial charge on any atom is 0.427 e. The fourth-order valence-electron chi connectivity index (χ4n) is 1.07. The zero-order valence-corrected chi connectivity index (χ0v) is 13.0. The molecule has 0 bridgehead atoms. The zero-order valence-electron chi connectivity index (χ0n) is 11.2. The second kappa shape index (κ2) is 4.94. The van der Waals surface area contributed by atoms with Crippen LogP contribution in [0.25, 0.3) is 0 Å². The molecule has 0 radical (unpaired) electrons. The van der Waals surface area contributed by atoms with Gasteiger partial charge < -0.3 is 4.43 Å². The number of alkyl halides is 3. The van der Waals surface area contributed by atoms with Crippen LogP contribution < -0.4 is 0 Å². The summed E-state index contributed by atoms with van der Waals surface area (Å²) < 4.78 is 43.7. The van der Waals surface area contributed by atoms with Crippen LogP contribution in [0.5, 0.6) is 0 Å². The minimum atomic E-state index is -4.34. The highest BCUT2D eigenvalue weighted by atomic mass is 32.1. The molecule has 2 nitrogen and oxygen atoms in total. The Morgan fingerprint density at radius 1 is 1.28 bits per heavy atom. The fourth-order valence-corrected chi connectivity index (χ4v) is 2.67. The van der Waals surface area contributed by atoms with Crippen molar-refractivity contribution in [2.24, 2.45) is 0 Å². The molecule has 104 valence electrons. The molecule has 18 heavy (non-hydrogen) atoms. The molecule has 0 aromatic carbocycles. The Kier molecular flexibility index (Phi) is 4.29. The first-order valence-electron chi connectivity index (χ1n) is 5.58. The van der Waals surface area contributed by atoms with Crippen molar-refractivity contribution in [2.45, 2.75) is 51.7 Å². The molecule has 0 spiro atoms. The first-order valence-corrected chi connectivity index (χ1v) is 9.37. The lowest BCUT2D eigenvalue weighted by Gasteiger charge is -2.36. The van der Waals surface area contributed by atoms with Crippen molar-refractivity contribution in [3.8, 4) is 0 Å². The molecule has 0 saturated carbocycles. The summed E-state index contributed by atoms with van der Waals surface area (Å²) in [6.07, 6.45) is -4.34. The lowest BCUT2D eigenvalue weighted by Crippen LogP contribution is -2.40. The Bertz CT molecular complexity index is 409. The summed E-state index contributed by atoms with van der Waals surface area (Å²) in [4.78, 5) is 3.11. The lowest BCUT2D eigenvalue weighted by molar-refractivity contribution is -0.135. The highest BCUT2D eigenvalue weighted by molar-refractivity contribution is 7.09. The SMILES string of the molecule is CC(C)(C)[Si](C)(C)OCc1ncsc1C(F)(F)F. The van der Waals surface area contributed by atoms with Crippen molar-refractivity contribution in [1.82, 2.24) is 4.98 Å². The predicted octanol–water partition coefficient (Wildman–Crippen LogP) is 4.68. The Morgan fingerprint density at radius 2 is 1.83 bits per heavy atom. The molecule has 1 aromatic rings. The molecular formula is C11H18F3NOSSi. The van der Waals surface area contributed by atoms with E-state index in [1.54, 1.807) is 0 Å². The van der Waals surface area contributed by atoms with Gasteiger partial charge in [0.1, 0.15) is 4.88 Å². The number of aromatic nitrogens is 1. The van der Waals surface area contributed by atoms with Gasteiger partial charge in [0.2, 0.25) is 0 Å². The predicted molar refractivity (Wildman–Crippen MR) is 69.1 cm³/mol. The molecule has 0 aliphatic rings. The fraction of sp³-hybridized carbons (Fsp3) is 0.727. The minimum absolute atomic E-state index is 0.00248. The lowest BCUT2D eigenvalue weighted by atomic mass is 10.2. The van der Waals surface area contributed by atoms with E-state index < -0.39 is 19.4 Å². The van der Waals surface area contributed by atoms with E-state index in [9.17, 15) is 13.2 Å². The second-order valence-electron chi connectivity index (χ2n) is 5.67. The Morgan fingerprint density at radius 3 is 2.28 bits per heavy atom. The van der Waals surface area contributed by atoms with Gasteiger partial charge in [-0.2, -0.15) is 13.2 Å². The summed E-state index contributed by atoms with van der Waals surface area (Å²) in [5, 5.41) is -0.0264. The van der Waals surface area contributed by atoms with Gasteiger partial charge in [-0.3, -0.25) is 0 Å². The Labute approximate surface area is 110 Å². The van der Waals surface area contributed by atoms with E-state index in [0.29, 0.717) is 11.3 Å². The van der Waals surface area contributed by atoms with E-state index in [4.69, 9.17) is 4.43 Å². The van der Waals surface area contributed by atoms with Gasteiger partial charge in [0.15, 0.2) is 8.32 Å². The van der Waals surface area contributed by atoms with Crippen LogP contribution in [0.2, 0.25) is 18.1 Å². The van der Waals surface area contributed by atoms with Gasteiger partial charge in [0, 0.05) is 0 Å². The van der Waals surface area contributed by atoms with E-state index >= 15 is 0 Å². The third-order valence-corrected chi connectivity index (χ3v) is 8.67. The van der Waals surface area contributed by atoms with Crippen molar-refractivity contribution in [3.05, 3.63) is 16.1 Å². The Balaban J connectivity index is 2.80. The third-order valence-electron chi connectivity index (χ3n) is 3.27. The van der Waals surface area contributed by atoms with Crippen LogP contribution in [0.15, 0.2) is 5.51 Å². The summed E-state index contributed by atoms with van der Waals surface area (Å²) in [6, 6.07) is 0. The summed E-state index contributed by atoms with van der Waals surface area (Å²) in [5.41, 5.74) is 1.21. The number of hydrogen-bond acceptors (Lipinski definition) is 3. The molecule has 0 amide bonds. The molecule has 0 aliphatic heterocycles. The third kappa shape index (κ3) is 3.55. The summed E-state index contributed by atoms with van der Waals surface area (Å²) in [7, 11) is -2.05. The van der Waals surface area contributed by atoms with E-state index in [2.05, 4.69) is 4.98 Å². The number of hydrogen-bond donors (Lipinski definition) is 0. The molecule has 0 unspecified atom stereocenters. The average Bonchev–Trinajstić information content (AvgIpc) is 2.59. The molecule has 1 heterocycles. The van der Waals surface area contributed by atoms with Crippen molar-refractivity contribution in [1.29, 1.82) is 0 Å². The van der Waals surface area contributed by atoms with Crippen molar-refractivity contribution in [3.63, 3.8) is 0 Å². The van der Waals surface area contributed by atoms with E-state index in [1.165, 1.54) is 5.51 Å². The van der Waals surface area contributed by atoms with Crippen LogP contribution in [-0.2, 0) is 17.2 Å². The smallest absolute Gasteiger partial charge is 0.411 e. The first-order chi connectivity index (χ1) is 7.95. The molecule has 0 aliphatic carbocycles. The van der Waals surface area contributed by atoms with Gasteiger partial charge >= 0.3 is 6.18 Å².